The number of carbonyl (C=O) groups is 2. The van der Waals surface area contributed by atoms with Crippen LogP contribution in [0.5, 0.6) is 5.75 Å². The van der Waals surface area contributed by atoms with Gasteiger partial charge in [0.05, 0.1) is 7.11 Å². The van der Waals surface area contributed by atoms with Crippen LogP contribution in [0, 0.1) is 0 Å². The van der Waals surface area contributed by atoms with Gasteiger partial charge in [0.25, 0.3) is 5.91 Å². The molecule has 2 aromatic heterocycles. The number of hydrogen-bond donors (Lipinski definition) is 2. The van der Waals surface area contributed by atoms with Crippen molar-refractivity contribution in [2.75, 3.05) is 17.7 Å². The molecule has 2 heterocycles. The van der Waals surface area contributed by atoms with Crippen molar-refractivity contribution < 1.29 is 18.8 Å². The number of nitrogens with zero attached hydrogens (tertiary/aromatic N) is 3. The van der Waals surface area contributed by atoms with Crippen LogP contribution in [0.1, 0.15) is 29.1 Å². The van der Waals surface area contributed by atoms with E-state index in [2.05, 4.69) is 25.8 Å². The molecule has 2 amide bonds. The third-order valence-electron chi connectivity index (χ3n) is 4.96. The van der Waals surface area contributed by atoms with Gasteiger partial charge in [0, 0.05) is 47.7 Å². The fourth-order valence-corrected chi connectivity index (χ4v) is 3.21. The highest BCUT2D eigenvalue weighted by molar-refractivity contribution is 6.05. The number of aromatic nitrogens is 3. The number of benzene rings is 2. The summed E-state index contributed by atoms with van der Waals surface area (Å²) in [5.74, 6) is 1.27. The summed E-state index contributed by atoms with van der Waals surface area (Å²) in [4.78, 5) is 33.1. The number of nitrogens with one attached hydrogen (secondary N) is 2. The molecule has 0 aliphatic carbocycles. The third-order valence-corrected chi connectivity index (χ3v) is 4.96. The number of aryl methyl sites for hydroxylation is 1. The molecule has 2 N–H and O–H groups in total. The zero-order valence-corrected chi connectivity index (χ0v) is 18.5. The molecule has 9 heteroatoms. The van der Waals surface area contributed by atoms with E-state index in [1.54, 1.807) is 55.9 Å². The molecule has 0 spiro atoms. The van der Waals surface area contributed by atoms with Gasteiger partial charge in [-0.3, -0.25) is 14.6 Å². The predicted molar refractivity (Wildman–Crippen MR) is 126 cm³/mol. The van der Waals surface area contributed by atoms with E-state index >= 15 is 0 Å². The molecule has 172 valence electrons. The van der Waals surface area contributed by atoms with Crippen LogP contribution in [-0.4, -0.2) is 34.0 Å². The van der Waals surface area contributed by atoms with E-state index in [1.807, 2.05) is 24.3 Å². The Morgan fingerprint density at radius 3 is 2.53 bits per heavy atom. The maximum atomic E-state index is 12.4. The molecule has 9 nitrogen and oxygen atoms in total. The van der Waals surface area contributed by atoms with Gasteiger partial charge in [-0.25, -0.2) is 0 Å². The lowest BCUT2D eigenvalue weighted by Crippen LogP contribution is -2.14. The molecule has 0 aliphatic heterocycles. The summed E-state index contributed by atoms with van der Waals surface area (Å²) in [6.45, 7) is 0. The monoisotopic (exact) mass is 457 g/mol. The van der Waals surface area contributed by atoms with E-state index in [9.17, 15) is 9.59 Å². The molecule has 0 aliphatic rings. The molecule has 0 saturated heterocycles. The van der Waals surface area contributed by atoms with Crippen molar-refractivity contribution >= 4 is 23.2 Å². The summed E-state index contributed by atoms with van der Waals surface area (Å²) >= 11 is 0. The maximum absolute atomic E-state index is 12.4. The molecule has 4 aromatic rings. The zero-order valence-electron chi connectivity index (χ0n) is 18.5. The van der Waals surface area contributed by atoms with Crippen molar-refractivity contribution in [2.45, 2.75) is 19.3 Å². The van der Waals surface area contributed by atoms with E-state index in [0.29, 0.717) is 41.5 Å². The molecule has 2 aromatic carbocycles. The van der Waals surface area contributed by atoms with E-state index in [-0.39, 0.29) is 18.2 Å². The first kappa shape index (κ1) is 22.7. The van der Waals surface area contributed by atoms with Crippen molar-refractivity contribution in [3.05, 3.63) is 84.5 Å². The van der Waals surface area contributed by atoms with Gasteiger partial charge in [-0.05, 0) is 61.0 Å². The number of amides is 2. The van der Waals surface area contributed by atoms with Gasteiger partial charge in [-0.1, -0.05) is 11.2 Å². The van der Waals surface area contributed by atoms with Gasteiger partial charge in [0.2, 0.25) is 17.6 Å². The minimum atomic E-state index is -0.272. The molecule has 0 unspecified atom stereocenters. The molecule has 4 rings (SSSR count). The Morgan fingerprint density at radius 1 is 0.971 bits per heavy atom. The topological polar surface area (TPSA) is 119 Å². The summed E-state index contributed by atoms with van der Waals surface area (Å²) in [6.07, 6.45) is 4.48. The molecule has 0 saturated carbocycles. The first-order valence-corrected chi connectivity index (χ1v) is 10.7. The lowest BCUT2D eigenvalue weighted by Gasteiger charge is -2.08. The smallest absolute Gasteiger partial charge is 0.255 e. The van der Waals surface area contributed by atoms with Crippen molar-refractivity contribution in [1.29, 1.82) is 0 Å². The van der Waals surface area contributed by atoms with Gasteiger partial charge in [-0.15, -0.1) is 0 Å². The van der Waals surface area contributed by atoms with Crippen LogP contribution in [0.15, 0.2) is 77.6 Å². The largest absolute Gasteiger partial charge is 0.497 e. The molecule has 0 bridgehead atoms. The van der Waals surface area contributed by atoms with Gasteiger partial charge < -0.3 is 19.9 Å². The molecule has 34 heavy (non-hydrogen) atoms. The van der Waals surface area contributed by atoms with Crippen LogP contribution < -0.4 is 15.4 Å². The Labute approximate surface area is 196 Å². The van der Waals surface area contributed by atoms with Crippen LogP contribution in [0.3, 0.4) is 0 Å². The number of methoxy groups -OCH3 is 1. The number of ether oxygens (including phenoxy) is 1. The Kier molecular flexibility index (Phi) is 7.24. The van der Waals surface area contributed by atoms with Crippen LogP contribution >= 0.6 is 0 Å². The average molecular weight is 457 g/mol. The highest BCUT2D eigenvalue weighted by Gasteiger charge is 2.11. The zero-order chi connectivity index (χ0) is 23.8. The molecule has 0 radical (unpaired) electrons. The van der Waals surface area contributed by atoms with Gasteiger partial charge in [0.1, 0.15) is 5.75 Å². The number of hydrogen-bond acceptors (Lipinski definition) is 7. The van der Waals surface area contributed by atoms with E-state index in [4.69, 9.17) is 9.26 Å². The molecule has 0 fully saturated rings. The fraction of sp³-hybridized carbons (Fsp3) is 0.160. The second-order valence-corrected chi connectivity index (χ2v) is 7.41. The van der Waals surface area contributed by atoms with Crippen LogP contribution in [-0.2, 0) is 11.2 Å². The van der Waals surface area contributed by atoms with E-state index in [1.165, 1.54) is 0 Å². The Morgan fingerprint density at radius 2 is 1.76 bits per heavy atom. The maximum Gasteiger partial charge on any atom is 0.255 e. The predicted octanol–water partition coefficient (Wildman–Crippen LogP) is 4.35. The Balaban J connectivity index is 1.26. The Bertz CT molecular complexity index is 1260. The molecular formula is C25H23N5O4. The van der Waals surface area contributed by atoms with Crippen molar-refractivity contribution in [2.24, 2.45) is 0 Å². The summed E-state index contributed by atoms with van der Waals surface area (Å²) in [5, 5.41) is 9.61. The van der Waals surface area contributed by atoms with E-state index in [0.717, 1.165) is 11.3 Å². The van der Waals surface area contributed by atoms with Crippen molar-refractivity contribution in [3.63, 3.8) is 0 Å². The normalized spacial score (nSPS) is 10.5. The minimum Gasteiger partial charge on any atom is -0.497 e. The first-order valence-electron chi connectivity index (χ1n) is 10.7. The summed E-state index contributed by atoms with van der Waals surface area (Å²) in [5.41, 5.74) is 2.45. The quantitative estimate of drug-likeness (QED) is 0.383. The second kappa shape index (κ2) is 10.9. The first-order chi connectivity index (χ1) is 16.6. The number of pyridine rings is 1. The standard InChI is InChI=1S/C25H23N5O4/c1-33-21-10-8-17(9-11-21)24-29-23(34-30-24)7-3-6-22(31)27-20-5-2-4-18(16-20)25(32)28-19-12-14-26-15-13-19/h2,4-5,8-16H,3,6-7H2,1H3,(H,27,31)(H,26,28,32). The number of anilines is 2. The number of carbonyl (C=O) groups excluding carboxylic acids is 2. The highest BCUT2D eigenvalue weighted by atomic mass is 16.5. The SMILES string of the molecule is COc1ccc(-c2noc(CCCC(=O)Nc3cccc(C(=O)Nc4ccncc4)c3)n2)cc1. The van der Waals surface area contributed by atoms with Gasteiger partial charge in [0.15, 0.2) is 0 Å². The summed E-state index contributed by atoms with van der Waals surface area (Å²) in [7, 11) is 1.61. The lowest BCUT2D eigenvalue weighted by atomic mass is 10.1. The molecule has 0 atom stereocenters. The number of rotatable bonds is 9. The summed E-state index contributed by atoms with van der Waals surface area (Å²) < 4.78 is 10.4. The summed E-state index contributed by atoms with van der Waals surface area (Å²) in [6, 6.07) is 17.5. The van der Waals surface area contributed by atoms with E-state index < -0.39 is 0 Å². The van der Waals surface area contributed by atoms with Crippen LogP contribution in [0.4, 0.5) is 11.4 Å². The van der Waals surface area contributed by atoms with Gasteiger partial charge >= 0.3 is 0 Å². The van der Waals surface area contributed by atoms with Crippen LogP contribution in [0.2, 0.25) is 0 Å². The second-order valence-electron chi connectivity index (χ2n) is 7.41. The average Bonchev–Trinajstić information content (AvgIpc) is 3.34. The molecular weight excluding hydrogens is 434 g/mol. The third kappa shape index (κ3) is 6.04. The minimum absolute atomic E-state index is 0.165. The highest BCUT2D eigenvalue weighted by Crippen LogP contribution is 2.20. The Hall–Kier alpha value is -4.53. The lowest BCUT2D eigenvalue weighted by molar-refractivity contribution is -0.116. The van der Waals surface area contributed by atoms with Gasteiger partial charge in [-0.2, -0.15) is 4.98 Å². The fourth-order valence-electron chi connectivity index (χ4n) is 3.21. The van der Waals surface area contributed by atoms with Crippen molar-refractivity contribution in [1.82, 2.24) is 15.1 Å². The van der Waals surface area contributed by atoms with Crippen LogP contribution in [0.25, 0.3) is 11.4 Å². The van der Waals surface area contributed by atoms with Crippen molar-refractivity contribution in [3.8, 4) is 17.1 Å².